The van der Waals surface area contributed by atoms with E-state index in [4.69, 9.17) is 59.9 Å². The van der Waals surface area contributed by atoms with Crippen molar-refractivity contribution in [2.75, 3.05) is 0 Å². The first-order chi connectivity index (χ1) is 15.6. The van der Waals surface area contributed by atoms with Crippen LogP contribution in [0.4, 0.5) is 0 Å². The maximum Gasteiger partial charge on any atom is 0.0447 e. The zero-order chi connectivity index (χ0) is 24.7. The lowest BCUT2D eigenvalue weighted by Gasteiger charge is -2.17. The van der Waals surface area contributed by atoms with Gasteiger partial charge in [-0.15, -0.1) is 0 Å². The Hall–Kier alpha value is -0.970. The first-order valence-electron chi connectivity index (χ1n) is 11.5. The summed E-state index contributed by atoms with van der Waals surface area (Å²) >= 11 is 30.1. The molecule has 0 saturated carbocycles. The van der Waals surface area contributed by atoms with Gasteiger partial charge in [-0.3, -0.25) is 0 Å². The van der Waals surface area contributed by atoms with Gasteiger partial charge in [-0.2, -0.15) is 0 Å². The van der Waals surface area contributed by atoms with E-state index in [1.165, 1.54) is 0 Å². The fourth-order valence-electron chi connectivity index (χ4n) is 3.75. The Kier molecular flexibility index (Phi) is 11.3. The van der Waals surface area contributed by atoms with Crippen molar-refractivity contribution in [1.29, 1.82) is 0 Å². The summed E-state index contributed by atoms with van der Waals surface area (Å²) < 4.78 is 0. The number of rotatable bonds is 11. The molecule has 0 aliphatic rings. The van der Waals surface area contributed by atoms with Crippen molar-refractivity contribution in [2.45, 2.75) is 73.1 Å². The van der Waals surface area contributed by atoms with E-state index < -0.39 is 0 Å². The molecule has 2 aromatic rings. The number of hydrogen-bond acceptors (Lipinski definition) is 3. The fraction of sp³-hybridized carbons (Fsp3) is 0.393. The average Bonchev–Trinajstić information content (AvgIpc) is 2.81. The van der Waals surface area contributed by atoms with Gasteiger partial charge in [0, 0.05) is 19.8 Å². The molecule has 0 heterocycles. The summed E-state index contributed by atoms with van der Waals surface area (Å²) in [4.78, 5) is 2.95. The zero-order valence-electron chi connectivity index (χ0n) is 20.1. The van der Waals surface area contributed by atoms with Gasteiger partial charge in [0.05, 0.1) is 0 Å². The predicted octanol–water partition coefficient (Wildman–Crippen LogP) is 10.2. The van der Waals surface area contributed by atoms with Gasteiger partial charge >= 0.3 is 0 Å². The van der Waals surface area contributed by atoms with Gasteiger partial charge in [-0.05, 0) is 120 Å². The third kappa shape index (κ3) is 7.26. The van der Waals surface area contributed by atoms with Gasteiger partial charge in [0.2, 0.25) is 0 Å². The van der Waals surface area contributed by atoms with Gasteiger partial charge in [0.25, 0.3) is 0 Å². The Morgan fingerprint density at radius 2 is 1.21 bits per heavy atom. The molecule has 0 amide bonds. The molecular formula is C28H32Cl2S3. The van der Waals surface area contributed by atoms with Crippen molar-refractivity contribution in [1.82, 2.24) is 0 Å². The molecule has 0 bridgehead atoms. The van der Waals surface area contributed by atoms with Crippen LogP contribution in [-0.4, -0.2) is 14.6 Å². The molecule has 0 aliphatic carbocycles. The van der Waals surface area contributed by atoms with Crippen molar-refractivity contribution >= 4 is 80.0 Å². The lowest BCUT2D eigenvalue weighted by molar-refractivity contribution is 0.891. The van der Waals surface area contributed by atoms with Crippen LogP contribution in [0.2, 0.25) is 10.0 Å². The van der Waals surface area contributed by atoms with E-state index >= 15 is 0 Å². The molecule has 0 unspecified atom stereocenters. The lowest BCUT2D eigenvalue weighted by atomic mass is 9.90. The second-order valence-corrected chi connectivity index (χ2v) is 10.6. The van der Waals surface area contributed by atoms with Crippen molar-refractivity contribution in [3.8, 4) is 0 Å². The van der Waals surface area contributed by atoms with Gasteiger partial charge < -0.3 is 0 Å². The summed E-state index contributed by atoms with van der Waals surface area (Å²) in [5.41, 5.74) is 7.31. The number of unbranched alkanes of at least 4 members (excludes halogenated alkanes) is 1. The molecular weight excluding hydrogens is 503 g/mol. The molecule has 0 saturated heterocycles. The predicted molar refractivity (Wildman–Crippen MR) is 160 cm³/mol. The Labute approximate surface area is 225 Å². The van der Waals surface area contributed by atoms with Gasteiger partial charge in [0.1, 0.15) is 0 Å². The van der Waals surface area contributed by atoms with Crippen molar-refractivity contribution in [3.63, 3.8) is 0 Å². The van der Waals surface area contributed by atoms with Gasteiger partial charge in [-0.1, -0.05) is 86.7 Å². The number of halogens is 2. The van der Waals surface area contributed by atoms with Crippen LogP contribution in [0.1, 0.15) is 92.7 Å². The highest BCUT2D eigenvalue weighted by molar-refractivity contribution is 7.81. The molecule has 0 spiro atoms. The minimum absolute atomic E-state index is 0.721. The van der Waals surface area contributed by atoms with Crippen molar-refractivity contribution in [2.24, 2.45) is 0 Å². The zero-order valence-corrected chi connectivity index (χ0v) is 24.1. The standard InChI is InChI=1S/C28H32Cl2S3/c1-6-21(31)11-9-10-12-22(19-13-23(27(32)7-2)17(4)25(29)15-19)20-14-24(28(33)8-3)18(5)26(30)16-20/h12-16H,6-11H2,1-5H3. The third-order valence-corrected chi connectivity index (χ3v) is 8.25. The normalized spacial score (nSPS) is 10.8. The molecule has 0 nitrogen and oxygen atoms in total. The molecule has 0 fully saturated rings. The highest BCUT2D eigenvalue weighted by Gasteiger charge is 2.16. The topological polar surface area (TPSA) is 0 Å². The lowest BCUT2D eigenvalue weighted by Crippen LogP contribution is -2.04. The number of allylic oxidation sites excluding steroid dienone is 1. The van der Waals surface area contributed by atoms with Crippen LogP contribution in [0.5, 0.6) is 0 Å². The first-order valence-corrected chi connectivity index (χ1v) is 13.5. The highest BCUT2D eigenvalue weighted by atomic mass is 35.5. The quantitative estimate of drug-likeness (QED) is 0.160. The molecule has 2 aromatic carbocycles. The summed E-state index contributed by atoms with van der Waals surface area (Å²) in [6, 6.07) is 8.40. The van der Waals surface area contributed by atoms with Crippen molar-refractivity contribution in [3.05, 3.63) is 73.8 Å². The van der Waals surface area contributed by atoms with Gasteiger partial charge in [-0.25, -0.2) is 0 Å². The van der Waals surface area contributed by atoms with E-state index in [1.54, 1.807) is 0 Å². The Balaban J connectivity index is 2.67. The van der Waals surface area contributed by atoms with E-state index in [9.17, 15) is 0 Å². The molecule has 176 valence electrons. The van der Waals surface area contributed by atoms with E-state index in [-0.39, 0.29) is 0 Å². The Bertz CT molecular complexity index is 1020. The molecule has 0 radical (unpaired) electrons. The van der Waals surface area contributed by atoms with Crippen LogP contribution in [0, 0.1) is 13.8 Å². The summed E-state index contributed by atoms with van der Waals surface area (Å²) in [6.07, 6.45) is 7.70. The monoisotopic (exact) mass is 534 g/mol. The molecule has 0 aromatic heterocycles. The number of hydrogen-bond donors (Lipinski definition) is 0. The molecule has 2 rings (SSSR count). The number of benzene rings is 2. The fourth-order valence-corrected chi connectivity index (χ4v) is 4.76. The van der Waals surface area contributed by atoms with E-state index in [2.05, 4.69) is 39.0 Å². The average molecular weight is 536 g/mol. The smallest absolute Gasteiger partial charge is 0.0447 e. The van der Waals surface area contributed by atoms with Crippen LogP contribution < -0.4 is 0 Å². The minimum Gasteiger partial charge on any atom is -0.0897 e. The van der Waals surface area contributed by atoms with Crippen LogP contribution in [0.3, 0.4) is 0 Å². The molecule has 0 N–H and O–H groups in total. The van der Waals surface area contributed by atoms with Crippen LogP contribution in [0.15, 0.2) is 30.3 Å². The largest absolute Gasteiger partial charge is 0.0897 e. The molecule has 33 heavy (non-hydrogen) atoms. The molecule has 0 atom stereocenters. The SMILES string of the molecule is CCC(=S)CCCC=C(c1cc(Cl)c(C)c(C(=S)CC)c1)c1cc(Cl)c(C)c(C(=S)CC)c1. The first kappa shape index (κ1) is 28.3. The van der Waals surface area contributed by atoms with Gasteiger partial charge in [0.15, 0.2) is 0 Å². The highest BCUT2D eigenvalue weighted by Crippen LogP contribution is 2.34. The van der Waals surface area contributed by atoms with E-state index in [1.807, 2.05) is 26.0 Å². The van der Waals surface area contributed by atoms with E-state index in [0.29, 0.717) is 0 Å². The number of thiocarbonyl (C=S) groups is 3. The molecule has 0 aliphatic heterocycles. The summed E-state index contributed by atoms with van der Waals surface area (Å²) in [5, 5.41) is 1.44. The maximum atomic E-state index is 6.68. The summed E-state index contributed by atoms with van der Waals surface area (Å²) in [7, 11) is 0. The second-order valence-electron chi connectivity index (χ2n) is 8.22. The van der Waals surface area contributed by atoms with E-state index in [0.717, 1.165) is 102 Å². The minimum atomic E-state index is 0.721. The second kappa shape index (κ2) is 13.2. The maximum absolute atomic E-state index is 6.68. The summed E-state index contributed by atoms with van der Waals surface area (Å²) in [6.45, 7) is 10.3. The summed E-state index contributed by atoms with van der Waals surface area (Å²) in [5.74, 6) is 0. The Morgan fingerprint density at radius 3 is 1.61 bits per heavy atom. The molecule has 5 heteroatoms. The Morgan fingerprint density at radius 1 is 0.758 bits per heavy atom. The van der Waals surface area contributed by atoms with Crippen LogP contribution in [-0.2, 0) is 0 Å². The van der Waals surface area contributed by atoms with Crippen LogP contribution in [0.25, 0.3) is 5.57 Å². The van der Waals surface area contributed by atoms with Crippen LogP contribution >= 0.6 is 59.9 Å². The third-order valence-electron chi connectivity index (χ3n) is 5.96. The van der Waals surface area contributed by atoms with Crippen molar-refractivity contribution < 1.29 is 0 Å².